The van der Waals surface area contributed by atoms with Gasteiger partial charge in [0, 0.05) is 9.51 Å². The summed E-state index contributed by atoms with van der Waals surface area (Å²) in [4.78, 5) is 11.1. The van der Waals surface area contributed by atoms with E-state index in [1.165, 1.54) is 0 Å². The molecule has 1 aromatic carbocycles. The lowest BCUT2D eigenvalue weighted by Crippen LogP contribution is -2.02. The van der Waals surface area contributed by atoms with Crippen LogP contribution in [0.4, 0.5) is 0 Å². The number of hydrogen-bond donors (Lipinski definition) is 1. The summed E-state index contributed by atoms with van der Waals surface area (Å²) >= 11 is 9.34. The molecule has 96 valence electrons. The largest absolute Gasteiger partial charge is 0.481 e. The molecule has 4 heteroatoms. The number of benzene rings is 1. The van der Waals surface area contributed by atoms with Gasteiger partial charge >= 0.3 is 5.97 Å². The number of rotatable bonds is 3. The Balaban J connectivity index is 2.20. The van der Waals surface area contributed by atoms with Crippen LogP contribution < -0.4 is 0 Å². The van der Waals surface area contributed by atoms with Gasteiger partial charge in [0.1, 0.15) is 0 Å². The highest BCUT2D eigenvalue weighted by atomic mass is 79.9. The zero-order valence-corrected chi connectivity index (χ0v) is 12.5. The van der Waals surface area contributed by atoms with Crippen LogP contribution in [0.5, 0.6) is 0 Å². The van der Waals surface area contributed by atoms with Crippen molar-refractivity contribution in [3.8, 4) is 0 Å². The van der Waals surface area contributed by atoms with Gasteiger partial charge in [0.15, 0.2) is 0 Å². The summed E-state index contributed by atoms with van der Waals surface area (Å²) in [6, 6.07) is 7.46. The van der Waals surface area contributed by atoms with Crippen LogP contribution in [0.2, 0.25) is 5.02 Å². The molecule has 1 aliphatic carbocycles. The third kappa shape index (κ3) is 2.47. The highest BCUT2D eigenvalue weighted by molar-refractivity contribution is 9.15. The molecule has 2 atom stereocenters. The molecule has 0 bridgehead atoms. The molecule has 2 rings (SSSR count). The topological polar surface area (TPSA) is 37.3 Å². The van der Waals surface area contributed by atoms with Crippen molar-refractivity contribution in [3.05, 3.63) is 40.9 Å². The quantitative estimate of drug-likeness (QED) is 0.890. The van der Waals surface area contributed by atoms with Crippen LogP contribution in [0.1, 0.15) is 19.4 Å². The van der Waals surface area contributed by atoms with Gasteiger partial charge in [-0.15, -0.1) is 0 Å². The van der Waals surface area contributed by atoms with Crippen LogP contribution in [0.25, 0.3) is 4.48 Å². The first kappa shape index (κ1) is 13.6. The molecule has 0 radical (unpaired) electrons. The van der Waals surface area contributed by atoms with Crippen molar-refractivity contribution in [1.29, 1.82) is 0 Å². The summed E-state index contributed by atoms with van der Waals surface area (Å²) in [5.41, 5.74) is 0.836. The highest BCUT2D eigenvalue weighted by Gasteiger charge is 2.60. The Hall–Kier alpha value is -0.800. The van der Waals surface area contributed by atoms with Crippen LogP contribution in [-0.4, -0.2) is 11.1 Å². The second-order valence-electron chi connectivity index (χ2n) is 5.18. The summed E-state index contributed by atoms with van der Waals surface area (Å²) in [5.74, 6) is -0.949. The van der Waals surface area contributed by atoms with Gasteiger partial charge in [-0.1, -0.05) is 59.6 Å². The van der Waals surface area contributed by atoms with E-state index < -0.39 is 5.97 Å². The molecule has 18 heavy (non-hydrogen) atoms. The van der Waals surface area contributed by atoms with E-state index in [4.69, 9.17) is 16.7 Å². The van der Waals surface area contributed by atoms with Gasteiger partial charge < -0.3 is 5.11 Å². The maximum absolute atomic E-state index is 11.1. The molecule has 1 aromatic rings. The van der Waals surface area contributed by atoms with Crippen LogP contribution in [0.3, 0.4) is 0 Å². The molecule has 1 saturated carbocycles. The van der Waals surface area contributed by atoms with Crippen molar-refractivity contribution in [3.63, 3.8) is 0 Å². The number of carboxylic acids is 1. The minimum absolute atomic E-state index is 0.0695. The molecule has 1 fully saturated rings. The Kier molecular flexibility index (Phi) is 3.56. The first-order valence-electron chi connectivity index (χ1n) is 5.70. The molecule has 0 heterocycles. The Labute approximate surface area is 120 Å². The van der Waals surface area contributed by atoms with E-state index in [0.29, 0.717) is 5.02 Å². The fourth-order valence-corrected chi connectivity index (χ4v) is 3.00. The number of halogens is 2. The Bertz CT molecular complexity index is 505. The summed E-state index contributed by atoms with van der Waals surface area (Å²) in [6.45, 7) is 3.96. The predicted octanol–water partition coefficient (Wildman–Crippen LogP) is 4.43. The van der Waals surface area contributed by atoms with Crippen molar-refractivity contribution in [2.45, 2.75) is 13.8 Å². The minimum atomic E-state index is -0.724. The maximum atomic E-state index is 11.1. The lowest BCUT2D eigenvalue weighted by atomic mass is 10.1. The molecular weight excluding hydrogens is 316 g/mol. The van der Waals surface area contributed by atoms with Gasteiger partial charge in [0.05, 0.1) is 5.92 Å². The molecule has 1 N–H and O–H groups in total. The Morgan fingerprint density at radius 3 is 2.39 bits per heavy atom. The first-order valence-corrected chi connectivity index (χ1v) is 6.87. The lowest BCUT2D eigenvalue weighted by Gasteiger charge is -2.01. The minimum Gasteiger partial charge on any atom is -0.481 e. The highest BCUT2D eigenvalue weighted by Crippen LogP contribution is 2.60. The molecule has 2 nitrogen and oxygen atoms in total. The lowest BCUT2D eigenvalue weighted by molar-refractivity contribution is -0.139. The van der Waals surface area contributed by atoms with Crippen molar-refractivity contribution in [2.24, 2.45) is 17.3 Å². The summed E-state index contributed by atoms with van der Waals surface area (Å²) in [6.07, 6.45) is 1.99. The normalized spacial score (nSPS) is 25.9. The van der Waals surface area contributed by atoms with Crippen molar-refractivity contribution < 1.29 is 9.90 Å². The summed E-state index contributed by atoms with van der Waals surface area (Å²) in [5, 5.41) is 9.81. The van der Waals surface area contributed by atoms with Crippen molar-refractivity contribution in [1.82, 2.24) is 0 Å². The average molecular weight is 330 g/mol. The second-order valence-corrected chi connectivity index (χ2v) is 6.48. The first-order chi connectivity index (χ1) is 8.34. The van der Waals surface area contributed by atoms with Gasteiger partial charge in [-0.05, 0) is 29.0 Å². The molecule has 0 saturated heterocycles. The van der Waals surface area contributed by atoms with Gasteiger partial charge in [-0.3, -0.25) is 4.79 Å². The van der Waals surface area contributed by atoms with Gasteiger partial charge in [-0.25, -0.2) is 0 Å². The third-order valence-electron chi connectivity index (χ3n) is 3.62. The molecule has 0 spiro atoms. The van der Waals surface area contributed by atoms with E-state index in [2.05, 4.69) is 15.9 Å². The van der Waals surface area contributed by atoms with E-state index in [1.807, 2.05) is 44.2 Å². The van der Waals surface area contributed by atoms with E-state index in [0.717, 1.165) is 10.0 Å². The smallest absolute Gasteiger partial charge is 0.307 e. The summed E-state index contributed by atoms with van der Waals surface area (Å²) < 4.78 is 0.918. The summed E-state index contributed by atoms with van der Waals surface area (Å²) in [7, 11) is 0. The predicted molar refractivity (Wildman–Crippen MR) is 76.8 cm³/mol. The maximum Gasteiger partial charge on any atom is 0.307 e. The van der Waals surface area contributed by atoms with E-state index in [-0.39, 0.29) is 17.3 Å². The second kappa shape index (κ2) is 4.71. The number of aliphatic carboxylic acids is 1. The SMILES string of the molecule is CC1(C)[C@H](/C=C(\Br)c2ccc(Cl)cc2)[C@H]1C(=O)O. The number of carbonyl (C=O) groups is 1. The van der Waals surface area contributed by atoms with Gasteiger partial charge in [0.2, 0.25) is 0 Å². The molecule has 0 amide bonds. The van der Waals surface area contributed by atoms with Crippen LogP contribution >= 0.6 is 27.5 Å². The molecule has 0 aromatic heterocycles. The molecule has 0 unspecified atom stereocenters. The zero-order chi connectivity index (χ0) is 13.5. The van der Waals surface area contributed by atoms with Gasteiger partial charge in [-0.2, -0.15) is 0 Å². The Morgan fingerprint density at radius 2 is 1.94 bits per heavy atom. The average Bonchev–Trinajstić information content (AvgIpc) is 2.81. The van der Waals surface area contributed by atoms with Crippen molar-refractivity contribution >= 4 is 38.0 Å². The molecule has 1 aliphatic rings. The standard InChI is InChI=1S/C14H14BrClO2/c1-14(2)10(12(14)13(17)18)7-11(15)8-3-5-9(16)6-4-8/h3-7,10,12H,1-2H3,(H,17,18)/b11-7-/t10-,12+/m1/s1. The molecular formula is C14H14BrClO2. The Morgan fingerprint density at radius 1 is 1.39 bits per heavy atom. The fourth-order valence-electron chi connectivity index (χ4n) is 2.32. The van der Waals surface area contributed by atoms with Crippen LogP contribution in [0, 0.1) is 17.3 Å². The number of carboxylic acid groups (broad SMARTS) is 1. The van der Waals surface area contributed by atoms with Gasteiger partial charge in [0.25, 0.3) is 0 Å². The van der Waals surface area contributed by atoms with E-state index in [1.54, 1.807) is 0 Å². The van der Waals surface area contributed by atoms with Crippen LogP contribution in [0.15, 0.2) is 30.3 Å². The monoisotopic (exact) mass is 328 g/mol. The van der Waals surface area contributed by atoms with E-state index in [9.17, 15) is 4.79 Å². The number of hydrogen-bond acceptors (Lipinski definition) is 1. The third-order valence-corrected chi connectivity index (χ3v) is 4.60. The zero-order valence-electron chi connectivity index (χ0n) is 10.2. The fraction of sp³-hybridized carbons (Fsp3) is 0.357. The molecule has 0 aliphatic heterocycles. The number of allylic oxidation sites excluding steroid dienone is 1. The van der Waals surface area contributed by atoms with Crippen LogP contribution in [-0.2, 0) is 4.79 Å². The van der Waals surface area contributed by atoms with Crippen molar-refractivity contribution in [2.75, 3.05) is 0 Å². The van der Waals surface area contributed by atoms with E-state index >= 15 is 0 Å².